The lowest BCUT2D eigenvalue weighted by Gasteiger charge is -2.18. The van der Waals surface area contributed by atoms with Crippen molar-refractivity contribution >= 4 is 11.4 Å². The zero-order valence-corrected chi connectivity index (χ0v) is 40.4. The van der Waals surface area contributed by atoms with Crippen LogP contribution >= 0.6 is 0 Å². The fourth-order valence-corrected chi connectivity index (χ4v) is 5.62. The predicted molar refractivity (Wildman–Crippen MR) is 245 cm³/mol. The molecule has 3 aromatic heterocycles. The fourth-order valence-electron chi connectivity index (χ4n) is 5.62. The van der Waals surface area contributed by atoms with Crippen LogP contribution in [0, 0.1) is 21.7 Å². The molecular formula is C45H83N11O4. The molecule has 3 N–H and O–H groups in total. The van der Waals surface area contributed by atoms with E-state index in [4.69, 9.17) is 9.84 Å². The number of hydrogen-bond donors (Lipinski definition) is 3. The minimum atomic E-state index is -0.416. The highest BCUT2D eigenvalue weighted by atomic mass is 16.5. The van der Waals surface area contributed by atoms with E-state index in [0.29, 0.717) is 45.3 Å². The Morgan fingerprint density at radius 2 is 1.03 bits per heavy atom. The Labute approximate surface area is 361 Å². The molecule has 1 aromatic carbocycles. The van der Waals surface area contributed by atoms with Crippen molar-refractivity contribution in [2.45, 2.75) is 194 Å². The molecule has 0 aliphatic heterocycles. The van der Waals surface area contributed by atoms with Crippen LogP contribution in [0.2, 0.25) is 0 Å². The highest BCUT2D eigenvalue weighted by Gasteiger charge is 2.19. The van der Waals surface area contributed by atoms with Crippen LogP contribution in [0.25, 0.3) is 0 Å². The molecule has 4 aromatic rings. The van der Waals surface area contributed by atoms with Crippen molar-refractivity contribution in [3.05, 3.63) is 56.6 Å². The Bertz CT molecular complexity index is 1790. The van der Waals surface area contributed by atoms with Crippen LogP contribution in [-0.2, 0) is 37.6 Å². The second-order valence-corrected chi connectivity index (χ2v) is 21.4. The SMILES string of the molecule is CC(C)(C)CCCn1cc(CO)nn1.CC(C)(C)CCCn1cc(COC(C)(C)C)nn1.CC(C)(C)CCCn1ccnn1.CNc1c(NCCCC(C)(C)C)c(=O)c1=O. The summed E-state index contributed by atoms with van der Waals surface area (Å²) in [7, 11) is 1.65. The van der Waals surface area contributed by atoms with Crippen molar-refractivity contribution in [2.24, 2.45) is 21.7 Å². The van der Waals surface area contributed by atoms with Gasteiger partial charge in [-0.15, -0.1) is 15.3 Å². The number of anilines is 2. The van der Waals surface area contributed by atoms with Crippen LogP contribution in [0.15, 0.2) is 34.4 Å². The van der Waals surface area contributed by atoms with Gasteiger partial charge in [0.05, 0.1) is 37.4 Å². The van der Waals surface area contributed by atoms with Gasteiger partial charge < -0.3 is 20.5 Å². The van der Waals surface area contributed by atoms with Gasteiger partial charge in [0.1, 0.15) is 22.8 Å². The van der Waals surface area contributed by atoms with Gasteiger partial charge in [0.2, 0.25) is 0 Å². The fraction of sp³-hybridized carbons (Fsp3) is 0.778. The Morgan fingerprint density at radius 3 is 1.43 bits per heavy atom. The summed E-state index contributed by atoms with van der Waals surface area (Å²) in [6.45, 7) is 37.0. The van der Waals surface area contributed by atoms with Gasteiger partial charge in [-0.25, -0.2) is 0 Å². The third-order valence-corrected chi connectivity index (χ3v) is 8.97. The molecule has 0 radical (unpaired) electrons. The second kappa shape index (κ2) is 25.1. The van der Waals surface area contributed by atoms with E-state index in [1.165, 1.54) is 25.7 Å². The average molecular weight is 842 g/mol. The van der Waals surface area contributed by atoms with Crippen LogP contribution in [0.5, 0.6) is 0 Å². The molecule has 60 heavy (non-hydrogen) atoms. The number of aryl methyl sites for hydroxylation is 3. The van der Waals surface area contributed by atoms with Crippen molar-refractivity contribution < 1.29 is 9.84 Å². The molecule has 15 nitrogen and oxygen atoms in total. The van der Waals surface area contributed by atoms with Crippen LogP contribution < -0.4 is 21.5 Å². The van der Waals surface area contributed by atoms with Gasteiger partial charge >= 0.3 is 0 Å². The highest BCUT2D eigenvalue weighted by Crippen LogP contribution is 2.23. The lowest BCUT2D eigenvalue weighted by molar-refractivity contribution is -0.0165. The molecule has 0 fully saturated rings. The summed E-state index contributed by atoms with van der Waals surface area (Å²) in [5, 5.41) is 38.2. The molecule has 0 aliphatic carbocycles. The molecule has 3 heterocycles. The molecule has 0 atom stereocenters. The first-order valence-electron chi connectivity index (χ1n) is 21.7. The predicted octanol–water partition coefficient (Wildman–Crippen LogP) is 8.68. The van der Waals surface area contributed by atoms with Crippen LogP contribution in [0.4, 0.5) is 11.4 Å². The Kier molecular flexibility index (Phi) is 22.6. The highest BCUT2D eigenvalue weighted by molar-refractivity contribution is 5.73. The van der Waals surface area contributed by atoms with E-state index in [1.54, 1.807) is 24.1 Å². The average Bonchev–Trinajstić information content (AvgIpc) is 3.90. The van der Waals surface area contributed by atoms with E-state index in [0.717, 1.165) is 57.6 Å². The third kappa shape index (κ3) is 26.3. The summed E-state index contributed by atoms with van der Waals surface area (Å²) < 4.78 is 11.3. The maximum absolute atomic E-state index is 11.2. The molecule has 0 aliphatic rings. The van der Waals surface area contributed by atoms with Crippen molar-refractivity contribution in [2.75, 3.05) is 24.2 Å². The Morgan fingerprint density at radius 1 is 0.600 bits per heavy atom. The summed E-state index contributed by atoms with van der Waals surface area (Å²) in [6.07, 6.45) is 16.5. The normalized spacial score (nSPS) is 12.2. The minimum Gasteiger partial charge on any atom is -0.390 e. The monoisotopic (exact) mass is 842 g/mol. The summed E-state index contributed by atoms with van der Waals surface area (Å²) >= 11 is 0. The largest absolute Gasteiger partial charge is 0.390 e. The van der Waals surface area contributed by atoms with Crippen molar-refractivity contribution in [3.8, 4) is 0 Å². The van der Waals surface area contributed by atoms with E-state index in [9.17, 15) is 9.59 Å². The number of aliphatic hydroxyl groups is 1. The molecule has 0 spiro atoms. The Hall–Kier alpha value is -3.98. The molecule has 0 amide bonds. The summed E-state index contributed by atoms with van der Waals surface area (Å²) in [4.78, 5) is 22.3. The lowest BCUT2D eigenvalue weighted by atomic mass is 9.90. The standard InChI is InChI=1S/C14H27N3O.C12H20N2O2.C10H19N3O.C9H17N3/c1-13(2,3)8-7-9-17-10-12(15-16-17)11-18-14(4,5)6;1-12(2,3)6-5-7-14-9-8(13-4)10(15)11(9)16;1-10(2,3)5-4-6-13-7-9(8-14)11-12-13;1-9(2,3)5-4-7-12-8-6-10-11-12/h10H,7-9,11H2,1-6H3;13-14H,5-7H2,1-4H3;7,14H,4-6,8H2,1-3H3;6,8H,4-5,7H2,1-3H3. The van der Waals surface area contributed by atoms with Gasteiger partial charge in [-0.3, -0.25) is 23.6 Å². The first kappa shape index (κ1) is 54.0. The second-order valence-electron chi connectivity index (χ2n) is 21.4. The van der Waals surface area contributed by atoms with Crippen LogP contribution in [-0.4, -0.2) is 69.3 Å². The number of nitrogens with zero attached hydrogens (tertiary/aromatic N) is 9. The number of hydrogen-bond acceptors (Lipinski definition) is 12. The maximum atomic E-state index is 11.2. The first-order valence-corrected chi connectivity index (χ1v) is 21.7. The summed E-state index contributed by atoms with van der Waals surface area (Å²) in [6, 6.07) is 0. The zero-order chi connectivity index (χ0) is 45.8. The third-order valence-electron chi connectivity index (χ3n) is 8.97. The van der Waals surface area contributed by atoms with E-state index in [-0.39, 0.29) is 12.2 Å². The topological polar surface area (TPSA) is 180 Å². The Balaban J connectivity index is 0.000000404. The molecule has 0 bridgehead atoms. The molecule has 0 saturated heterocycles. The quantitative estimate of drug-likeness (QED) is 0.0681. The summed E-state index contributed by atoms with van der Waals surface area (Å²) in [5.74, 6) is 0. The summed E-state index contributed by atoms with van der Waals surface area (Å²) in [5.41, 5.74) is 2.96. The van der Waals surface area contributed by atoms with E-state index < -0.39 is 10.9 Å². The van der Waals surface area contributed by atoms with Crippen molar-refractivity contribution in [1.82, 2.24) is 45.0 Å². The van der Waals surface area contributed by atoms with Gasteiger partial charge in [0.15, 0.2) is 0 Å². The van der Waals surface area contributed by atoms with Gasteiger partial charge in [-0.05, 0) is 93.8 Å². The van der Waals surface area contributed by atoms with Crippen LogP contribution in [0.3, 0.4) is 0 Å². The van der Waals surface area contributed by atoms with E-state index in [1.807, 2.05) is 42.5 Å². The molecule has 15 heteroatoms. The number of ether oxygens (including phenoxy) is 1. The molecule has 0 unspecified atom stereocenters. The van der Waals surface area contributed by atoms with Gasteiger partial charge in [-0.2, -0.15) is 0 Å². The number of aromatic nitrogens is 9. The zero-order valence-electron chi connectivity index (χ0n) is 40.4. The van der Waals surface area contributed by atoms with Gasteiger partial charge in [0.25, 0.3) is 10.9 Å². The molecule has 0 saturated carbocycles. The van der Waals surface area contributed by atoms with Crippen molar-refractivity contribution in [1.29, 1.82) is 0 Å². The lowest BCUT2D eigenvalue weighted by Crippen LogP contribution is -2.37. The molecule has 342 valence electrons. The van der Waals surface area contributed by atoms with Gasteiger partial charge in [-0.1, -0.05) is 98.7 Å². The minimum absolute atomic E-state index is 0.0285. The van der Waals surface area contributed by atoms with Crippen molar-refractivity contribution in [3.63, 3.8) is 0 Å². The molecule has 4 rings (SSSR count). The van der Waals surface area contributed by atoms with E-state index >= 15 is 0 Å². The van der Waals surface area contributed by atoms with Gasteiger partial charge in [0, 0.05) is 39.4 Å². The number of nitrogens with one attached hydrogen (secondary N) is 2. The number of rotatable bonds is 17. The number of aliphatic hydroxyl groups excluding tert-OH is 1. The van der Waals surface area contributed by atoms with E-state index in [2.05, 4.69) is 125 Å². The molecular weight excluding hydrogens is 759 g/mol. The maximum Gasteiger partial charge on any atom is 0.253 e. The first-order chi connectivity index (χ1) is 27.6. The smallest absolute Gasteiger partial charge is 0.253 e. The van der Waals surface area contributed by atoms with Crippen LogP contribution in [0.1, 0.15) is 167 Å².